The van der Waals surface area contributed by atoms with Crippen molar-refractivity contribution in [3.63, 3.8) is 0 Å². The molecule has 0 rings (SSSR count). The first-order chi connectivity index (χ1) is 1.91. The Labute approximate surface area is 40.0 Å². The van der Waals surface area contributed by atoms with Gasteiger partial charge in [0.25, 0.3) is 0 Å². The average molecular weight is 163 g/mol. The van der Waals surface area contributed by atoms with Gasteiger partial charge in [0.05, 0.1) is 0 Å². The zero-order chi connectivity index (χ0) is 3.41. The molecule has 0 aliphatic rings. The maximum absolute atomic E-state index is 2.21. The zero-order valence-corrected chi connectivity index (χ0v) is 8.86. The van der Waals surface area contributed by atoms with Crippen LogP contribution in [0.5, 0.6) is 0 Å². The summed E-state index contributed by atoms with van der Waals surface area (Å²) in [6.45, 7) is 2.05. The van der Waals surface area contributed by atoms with E-state index in [1.807, 2.05) is 0 Å². The van der Waals surface area contributed by atoms with Gasteiger partial charge in [-0.2, -0.15) is 0 Å². The molecule has 0 bridgehead atoms. The molecule has 0 aromatic rings. The molecule has 0 radical (unpaired) electrons. The Morgan fingerprint density at radius 1 is 1.75 bits per heavy atom. The van der Waals surface area contributed by atoms with Gasteiger partial charge in [0.15, 0.2) is 0 Å². The van der Waals surface area contributed by atoms with Gasteiger partial charge in [0.1, 0.15) is 0 Å². The monoisotopic (exact) mass is 164 g/mol. The van der Waals surface area contributed by atoms with Gasteiger partial charge in [-0.25, -0.2) is 0 Å². The Morgan fingerprint density at radius 3 is 2.00 bits per heavy atom. The normalized spacial score (nSPS) is 10.2. The van der Waals surface area contributed by atoms with Crippen molar-refractivity contribution in [3.05, 3.63) is 10.2 Å². The van der Waals surface area contributed by atoms with E-state index in [1.165, 1.54) is 0 Å². The van der Waals surface area contributed by atoms with Crippen molar-refractivity contribution in [3.8, 4) is 0 Å². The van der Waals surface area contributed by atoms with E-state index < -0.39 is 0 Å². The number of allylic oxidation sites excluding steroid dienone is 1. The van der Waals surface area contributed by atoms with Crippen LogP contribution in [0.25, 0.3) is 0 Å². The van der Waals surface area contributed by atoms with Crippen molar-refractivity contribution in [2.24, 2.45) is 0 Å². The van der Waals surface area contributed by atoms with Crippen LogP contribution in [-0.4, -0.2) is 22.5 Å². The minimum atomic E-state index is 0.804. The van der Waals surface area contributed by atoms with E-state index in [-0.39, 0.29) is 0 Å². The van der Waals surface area contributed by atoms with Crippen molar-refractivity contribution >= 4 is 22.5 Å². The van der Waals surface area contributed by atoms with E-state index in [0.29, 0.717) is 0 Å². The Balaban J connectivity index is 2.55. The van der Waals surface area contributed by atoms with Crippen molar-refractivity contribution in [1.29, 1.82) is 0 Å². The van der Waals surface area contributed by atoms with Gasteiger partial charge in [0.2, 0.25) is 0 Å². The van der Waals surface area contributed by atoms with Gasteiger partial charge < -0.3 is 0 Å². The third-order valence-corrected chi connectivity index (χ3v) is 2.24. The van der Waals surface area contributed by atoms with E-state index in [2.05, 4.69) is 17.1 Å². The van der Waals surface area contributed by atoms with Crippen LogP contribution in [0.2, 0.25) is 0 Å². The second kappa shape index (κ2) is 3.54. The molecule has 0 aliphatic carbocycles. The summed E-state index contributed by atoms with van der Waals surface area (Å²) in [5.41, 5.74) is 0. The van der Waals surface area contributed by atoms with Crippen molar-refractivity contribution in [2.75, 3.05) is 0 Å². The summed E-state index contributed by atoms with van der Waals surface area (Å²) in [6.07, 6.45) is 2.09. The molecular formula is C3H8Sn. The van der Waals surface area contributed by atoms with Crippen molar-refractivity contribution in [2.45, 2.75) is 6.92 Å². The summed E-state index contributed by atoms with van der Waals surface area (Å²) in [4.78, 5) is 0. The van der Waals surface area contributed by atoms with Gasteiger partial charge in [-0.05, 0) is 0 Å². The van der Waals surface area contributed by atoms with Crippen LogP contribution >= 0.6 is 0 Å². The van der Waals surface area contributed by atoms with Gasteiger partial charge in [-0.15, -0.1) is 0 Å². The fraction of sp³-hybridized carbons (Fsp3) is 0.333. The third-order valence-electron chi connectivity index (χ3n) is 0.333. The summed E-state index contributed by atoms with van der Waals surface area (Å²) >= 11 is 0.804. The first-order valence-electron chi connectivity index (χ1n) is 1.49. The van der Waals surface area contributed by atoms with E-state index in [1.54, 1.807) is 0 Å². The molecular weight excluding hydrogens is 155 g/mol. The first kappa shape index (κ1) is 4.54. The zero-order valence-electron chi connectivity index (χ0n) is 3.15. The van der Waals surface area contributed by atoms with E-state index in [0.717, 1.165) is 22.5 Å². The van der Waals surface area contributed by atoms with Gasteiger partial charge in [0, 0.05) is 0 Å². The molecule has 4 heavy (non-hydrogen) atoms. The molecule has 0 spiro atoms. The topological polar surface area (TPSA) is 0 Å². The van der Waals surface area contributed by atoms with Crippen LogP contribution < -0.4 is 0 Å². The summed E-state index contributed by atoms with van der Waals surface area (Å²) in [7, 11) is 0. The van der Waals surface area contributed by atoms with E-state index in [9.17, 15) is 0 Å². The molecule has 0 aromatic heterocycles. The van der Waals surface area contributed by atoms with Crippen LogP contribution in [0.3, 0.4) is 0 Å². The first-order valence-corrected chi connectivity index (χ1v) is 4.78. The van der Waals surface area contributed by atoms with Crippen molar-refractivity contribution in [1.82, 2.24) is 0 Å². The quantitative estimate of drug-likeness (QED) is 0.436. The number of rotatable bonds is 0. The fourth-order valence-electron chi connectivity index (χ4n) is 0. The Hall–Kier alpha value is 0.539. The molecule has 0 amide bonds. The van der Waals surface area contributed by atoms with Crippen LogP contribution in [0.1, 0.15) is 6.92 Å². The van der Waals surface area contributed by atoms with E-state index in [4.69, 9.17) is 0 Å². The Kier molecular flexibility index (Phi) is 4.02. The molecule has 0 unspecified atom stereocenters. The molecule has 0 nitrogen and oxygen atoms in total. The van der Waals surface area contributed by atoms with Crippen molar-refractivity contribution < 1.29 is 0 Å². The molecule has 0 saturated carbocycles. The predicted octanol–water partition coefficient (Wildman–Crippen LogP) is -0.115. The number of hydrogen-bond acceptors (Lipinski definition) is 0. The Bertz CT molecular complexity index is 18.5. The molecule has 0 aliphatic heterocycles. The summed E-state index contributed by atoms with van der Waals surface area (Å²) in [5, 5.41) is 0. The standard InChI is InChI=1S/C3H5.Sn.3H/c1-3-2;;;;/h1,3H,2H3;;;;. The molecule has 0 atom stereocenters. The van der Waals surface area contributed by atoms with E-state index >= 15 is 0 Å². The number of hydrogen-bond donors (Lipinski definition) is 0. The molecule has 0 aromatic carbocycles. The van der Waals surface area contributed by atoms with Crippen LogP contribution in [0.15, 0.2) is 10.2 Å². The maximum atomic E-state index is 2.21. The summed E-state index contributed by atoms with van der Waals surface area (Å²) in [6, 6.07) is 0. The second-order valence-electron chi connectivity index (χ2n) is 0.667. The summed E-state index contributed by atoms with van der Waals surface area (Å²) in [5.74, 6) is 0. The van der Waals surface area contributed by atoms with Crippen LogP contribution in [0, 0.1) is 0 Å². The molecule has 0 fully saturated rings. The fourth-order valence-corrected chi connectivity index (χ4v) is 0. The van der Waals surface area contributed by atoms with Gasteiger partial charge in [-0.1, -0.05) is 0 Å². The minimum absolute atomic E-state index is 0.804. The Morgan fingerprint density at radius 2 is 2.00 bits per heavy atom. The molecule has 0 heterocycles. The van der Waals surface area contributed by atoms with Crippen LogP contribution in [0.4, 0.5) is 0 Å². The molecule has 0 saturated heterocycles. The van der Waals surface area contributed by atoms with Gasteiger partial charge in [-0.3, -0.25) is 0 Å². The molecule has 1 heteroatoms. The summed E-state index contributed by atoms with van der Waals surface area (Å²) < 4.78 is 2.21. The van der Waals surface area contributed by atoms with Gasteiger partial charge >= 0.3 is 39.6 Å². The second-order valence-corrected chi connectivity index (χ2v) is 2.57. The predicted molar refractivity (Wildman–Crippen MR) is 24.8 cm³/mol. The molecule has 0 N–H and O–H groups in total. The van der Waals surface area contributed by atoms with Crippen LogP contribution in [-0.2, 0) is 0 Å². The molecule has 24 valence electrons. The third kappa shape index (κ3) is 2.54. The average Bonchev–Trinajstić information content (AvgIpc) is 1.37. The SMILES string of the molecule is C/C=[CH]\[SnH3].